The summed E-state index contributed by atoms with van der Waals surface area (Å²) in [5.74, 6) is -0.288. The van der Waals surface area contributed by atoms with Gasteiger partial charge in [-0.25, -0.2) is 9.37 Å². The first-order valence-electron chi connectivity index (χ1n) is 4.57. The number of aromatic nitrogens is 1. The maximum absolute atomic E-state index is 13.4. The Kier molecular flexibility index (Phi) is 2.79. The third-order valence-electron chi connectivity index (χ3n) is 2.05. The first-order chi connectivity index (χ1) is 7.18. The smallest absolute Gasteiger partial charge is 0.133 e. The van der Waals surface area contributed by atoms with E-state index in [4.69, 9.17) is 0 Å². The molecule has 1 heterocycles. The van der Waals surface area contributed by atoms with Gasteiger partial charge in [0.2, 0.25) is 0 Å². The summed E-state index contributed by atoms with van der Waals surface area (Å²) < 4.78 is 13.4. The number of aliphatic hydroxyl groups is 1. The lowest BCUT2D eigenvalue weighted by Gasteiger charge is -1.98. The number of nitrogens with zero attached hydrogens (tertiary/aromatic N) is 1. The minimum absolute atomic E-state index is 0.288. The van der Waals surface area contributed by atoms with Gasteiger partial charge in [-0.1, -0.05) is 12.1 Å². The standard InChI is InChI=1S/C11H10FNOS/c1-7(14)10-6-15-11(13-10)8-4-2-3-5-9(8)12/h2-7,14H,1H3. The summed E-state index contributed by atoms with van der Waals surface area (Å²) in [4.78, 5) is 4.17. The summed E-state index contributed by atoms with van der Waals surface area (Å²) in [6.45, 7) is 1.64. The number of hydrogen-bond donors (Lipinski definition) is 1. The molecule has 1 aromatic carbocycles. The van der Waals surface area contributed by atoms with E-state index in [0.717, 1.165) is 0 Å². The minimum Gasteiger partial charge on any atom is -0.387 e. The van der Waals surface area contributed by atoms with E-state index in [-0.39, 0.29) is 5.82 Å². The number of aliphatic hydroxyl groups excluding tert-OH is 1. The van der Waals surface area contributed by atoms with E-state index in [2.05, 4.69) is 4.98 Å². The molecule has 2 nitrogen and oxygen atoms in total. The average Bonchev–Trinajstić information content (AvgIpc) is 2.67. The predicted molar refractivity (Wildman–Crippen MR) is 58.1 cm³/mol. The zero-order valence-corrected chi connectivity index (χ0v) is 8.96. The molecule has 2 rings (SSSR count). The van der Waals surface area contributed by atoms with Crippen LogP contribution in [0.1, 0.15) is 18.7 Å². The molecular weight excluding hydrogens is 213 g/mol. The summed E-state index contributed by atoms with van der Waals surface area (Å²) in [7, 11) is 0. The monoisotopic (exact) mass is 223 g/mol. The average molecular weight is 223 g/mol. The second-order valence-electron chi connectivity index (χ2n) is 3.23. The summed E-state index contributed by atoms with van der Waals surface area (Å²) >= 11 is 1.33. The first kappa shape index (κ1) is 10.3. The van der Waals surface area contributed by atoms with E-state index < -0.39 is 6.10 Å². The highest BCUT2D eigenvalue weighted by molar-refractivity contribution is 7.13. The Morgan fingerprint density at radius 1 is 1.40 bits per heavy atom. The van der Waals surface area contributed by atoms with Crippen molar-refractivity contribution in [3.63, 3.8) is 0 Å². The zero-order valence-electron chi connectivity index (χ0n) is 8.14. The van der Waals surface area contributed by atoms with Gasteiger partial charge in [-0.2, -0.15) is 0 Å². The molecule has 1 unspecified atom stereocenters. The van der Waals surface area contributed by atoms with Crippen molar-refractivity contribution in [1.82, 2.24) is 4.98 Å². The van der Waals surface area contributed by atoms with Crippen molar-refractivity contribution in [2.75, 3.05) is 0 Å². The van der Waals surface area contributed by atoms with Gasteiger partial charge in [0.25, 0.3) is 0 Å². The Morgan fingerprint density at radius 3 is 2.73 bits per heavy atom. The van der Waals surface area contributed by atoms with Crippen molar-refractivity contribution in [1.29, 1.82) is 0 Å². The highest BCUT2D eigenvalue weighted by Crippen LogP contribution is 2.27. The Balaban J connectivity index is 2.42. The van der Waals surface area contributed by atoms with Gasteiger partial charge in [-0.15, -0.1) is 11.3 Å². The van der Waals surface area contributed by atoms with Crippen LogP contribution in [0.2, 0.25) is 0 Å². The van der Waals surface area contributed by atoms with Crippen molar-refractivity contribution >= 4 is 11.3 Å². The van der Waals surface area contributed by atoms with E-state index in [1.807, 2.05) is 0 Å². The molecule has 0 aliphatic heterocycles. The fourth-order valence-corrected chi connectivity index (χ4v) is 2.17. The highest BCUT2D eigenvalue weighted by atomic mass is 32.1. The van der Waals surface area contributed by atoms with Crippen LogP contribution in [-0.4, -0.2) is 10.1 Å². The van der Waals surface area contributed by atoms with E-state index in [1.165, 1.54) is 17.4 Å². The van der Waals surface area contributed by atoms with Crippen molar-refractivity contribution in [3.8, 4) is 10.6 Å². The van der Waals surface area contributed by atoms with Gasteiger partial charge in [-0.05, 0) is 19.1 Å². The van der Waals surface area contributed by atoms with Crippen LogP contribution in [0.5, 0.6) is 0 Å². The molecular formula is C11H10FNOS. The molecule has 78 valence electrons. The zero-order chi connectivity index (χ0) is 10.8. The van der Waals surface area contributed by atoms with Gasteiger partial charge >= 0.3 is 0 Å². The van der Waals surface area contributed by atoms with Crippen molar-refractivity contribution in [2.24, 2.45) is 0 Å². The maximum atomic E-state index is 13.4. The molecule has 0 bridgehead atoms. The second-order valence-corrected chi connectivity index (χ2v) is 4.09. The molecule has 0 fully saturated rings. The maximum Gasteiger partial charge on any atom is 0.133 e. The Bertz CT molecular complexity index is 467. The van der Waals surface area contributed by atoms with Gasteiger partial charge in [0, 0.05) is 10.9 Å². The molecule has 4 heteroatoms. The summed E-state index contributed by atoms with van der Waals surface area (Å²) in [6, 6.07) is 6.49. The summed E-state index contributed by atoms with van der Waals surface area (Å²) in [5.41, 5.74) is 1.06. The van der Waals surface area contributed by atoms with E-state index in [0.29, 0.717) is 16.3 Å². The molecule has 0 aliphatic rings. The van der Waals surface area contributed by atoms with Crippen molar-refractivity contribution in [3.05, 3.63) is 41.2 Å². The lowest BCUT2D eigenvalue weighted by Crippen LogP contribution is -1.91. The van der Waals surface area contributed by atoms with E-state index in [1.54, 1.807) is 30.5 Å². The largest absolute Gasteiger partial charge is 0.387 e. The molecule has 15 heavy (non-hydrogen) atoms. The quantitative estimate of drug-likeness (QED) is 0.849. The van der Waals surface area contributed by atoms with Crippen LogP contribution in [0, 0.1) is 5.82 Å². The molecule has 2 aromatic rings. The molecule has 1 atom stereocenters. The normalized spacial score (nSPS) is 12.7. The second kappa shape index (κ2) is 4.08. The number of thiazole rings is 1. The van der Waals surface area contributed by atoms with Crippen LogP contribution in [0.15, 0.2) is 29.6 Å². The summed E-state index contributed by atoms with van der Waals surface area (Å²) in [6.07, 6.45) is -0.609. The van der Waals surface area contributed by atoms with Crippen LogP contribution in [-0.2, 0) is 0 Å². The summed E-state index contributed by atoms with van der Waals surface area (Å²) in [5, 5.41) is 11.6. The van der Waals surface area contributed by atoms with Gasteiger partial charge in [0.05, 0.1) is 11.8 Å². The van der Waals surface area contributed by atoms with E-state index in [9.17, 15) is 9.50 Å². The topological polar surface area (TPSA) is 33.1 Å². The number of halogens is 1. The first-order valence-corrected chi connectivity index (χ1v) is 5.45. The lowest BCUT2D eigenvalue weighted by molar-refractivity contribution is 0.195. The highest BCUT2D eigenvalue weighted by Gasteiger charge is 2.11. The predicted octanol–water partition coefficient (Wildman–Crippen LogP) is 3.00. The van der Waals surface area contributed by atoms with Gasteiger partial charge in [0.1, 0.15) is 10.8 Å². The van der Waals surface area contributed by atoms with Crippen LogP contribution >= 0.6 is 11.3 Å². The van der Waals surface area contributed by atoms with Gasteiger partial charge in [0.15, 0.2) is 0 Å². The molecule has 0 amide bonds. The molecule has 0 radical (unpaired) electrons. The van der Waals surface area contributed by atoms with Crippen LogP contribution in [0.25, 0.3) is 10.6 Å². The number of hydrogen-bond acceptors (Lipinski definition) is 3. The number of rotatable bonds is 2. The van der Waals surface area contributed by atoms with Gasteiger partial charge in [-0.3, -0.25) is 0 Å². The number of benzene rings is 1. The van der Waals surface area contributed by atoms with E-state index >= 15 is 0 Å². The fraction of sp³-hybridized carbons (Fsp3) is 0.182. The third-order valence-corrected chi connectivity index (χ3v) is 2.95. The fourth-order valence-electron chi connectivity index (χ4n) is 1.24. The van der Waals surface area contributed by atoms with Crippen molar-refractivity contribution in [2.45, 2.75) is 13.0 Å². The molecule has 0 spiro atoms. The molecule has 0 aliphatic carbocycles. The molecule has 1 aromatic heterocycles. The molecule has 1 N–H and O–H groups in total. The molecule has 0 saturated carbocycles. The Hall–Kier alpha value is -1.26. The SMILES string of the molecule is CC(O)c1csc(-c2ccccc2F)n1. The third kappa shape index (κ3) is 2.06. The Morgan fingerprint density at radius 2 is 2.13 bits per heavy atom. The van der Waals surface area contributed by atoms with Crippen LogP contribution in [0.3, 0.4) is 0 Å². The lowest BCUT2D eigenvalue weighted by atomic mass is 10.2. The van der Waals surface area contributed by atoms with Gasteiger partial charge < -0.3 is 5.11 Å². The van der Waals surface area contributed by atoms with Crippen LogP contribution < -0.4 is 0 Å². The molecule has 0 saturated heterocycles. The minimum atomic E-state index is -0.609. The van der Waals surface area contributed by atoms with Crippen LogP contribution in [0.4, 0.5) is 4.39 Å². The Labute approximate surface area is 91.0 Å². The van der Waals surface area contributed by atoms with Crippen molar-refractivity contribution < 1.29 is 9.50 Å².